The van der Waals surface area contributed by atoms with Crippen LogP contribution in [0.15, 0.2) is 48.7 Å². The van der Waals surface area contributed by atoms with E-state index < -0.39 is 12.2 Å². The van der Waals surface area contributed by atoms with Gasteiger partial charge in [-0.2, -0.15) is 18.2 Å². The molecular weight excluding hydrogens is 530 g/mol. The van der Waals surface area contributed by atoms with Gasteiger partial charge in [-0.05, 0) is 36.4 Å². The Labute approximate surface area is 221 Å². The Morgan fingerprint density at radius 2 is 1.81 bits per heavy atom. The molecule has 1 amide bonds. The summed E-state index contributed by atoms with van der Waals surface area (Å²) in [5.74, 6) is 0.388. The maximum atomic E-state index is 13.2. The first-order valence-corrected chi connectivity index (χ1v) is 12.1. The molecule has 2 aliphatic rings. The van der Waals surface area contributed by atoms with Crippen LogP contribution in [0.5, 0.6) is 0 Å². The number of alkyl halides is 3. The lowest BCUT2D eigenvalue weighted by molar-refractivity contribution is -0.155. The summed E-state index contributed by atoms with van der Waals surface area (Å²) in [6.45, 7) is 0.759. The number of rotatable bonds is 4. The van der Waals surface area contributed by atoms with Gasteiger partial charge in [0.2, 0.25) is 5.95 Å². The molecule has 3 aromatic rings. The number of amides is 1. The summed E-state index contributed by atoms with van der Waals surface area (Å²) < 4.78 is 39.3. The molecule has 13 heteroatoms. The number of nitrogens with one attached hydrogen (secondary N) is 2. The van der Waals surface area contributed by atoms with E-state index in [1.54, 1.807) is 59.3 Å². The standard InChI is InChI=1S/C24H22Cl2F3N7O/c1-34-13-36(20-17(25)3-2-4-18(20)26)22(37)16-11-31-23(33-21(16)34)32-14-5-7-15(8-6-14)35-10-9-30-19(12-35)24(27,28)29/h2-8,11,19,30H,9-10,12-13H2,1H3,(H,31,32,33). The number of hydrogen-bond acceptors (Lipinski definition) is 7. The number of piperazine rings is 1. The van der Waals surface area contributed by atoms with Crippen molar-refractivity contribution >= 4 is 57.9 Å². The van der Waals surface area contributed by atoms with Gasteiger partial charge in [-0.25, -0.2) is 4.98 Å². The zero-order valence-electron chi connectivity index (χ0n) is 19.6. The molecule has 1 aromatic heterocycles. The van der Waals surface area contributed by atoms with Crippen LogP contribution in [0.1, 0.15) is 10.4 Å². The van der Waals surface area contributed by atoms with E-state index in [-0.39, 0.29) is 31.6 Å². The molecule has 8 nitrogen and oxygen atoms in total. The lowest BCUT2D eigenvalue weighted by atomic mass is 10.1. The van der Waals surface area contributed by atoms with E-state index >= 15 is 0 Å². The van der Waals surface area contributed by atoms with Gasteiger partial charge in [-0.15, -0.1) is 0 Å². The molecule has 1 atom stereocenters. The second-order valence-corrected chi connectivity index (χ2v) is 9.55. The Bertz CT molecular complexity index is 1300. The van der Waals surface area contributed by atoms with Crippen molar-refractivity contribution in [3.8, 4) is 0 Å². The van der Waals surface area contributed by atoms with Crippen LogP contribution in [0.25, 0.3) is 0 Å². The number of carbonyl (C=O) groups excluding carboxylic acids is 1. The summed E-state index contributed by atoms with van der Waals surface area (Å²) in [4.78, 5) is 27.0. The lowest BCUT2D eigenvalue weighted by Gasteiger charge is -2.36. The van der Waals surface area contributed by atoms with Crippen LogP contribution in [-0.4, -0.2) is 61.4 Å². The molecule has 1 fully saturated rings. The summed E-state index contributed by atoms with van der Waals surface area (Å²) in [5, 5.41) is 6.31. The smallest absolute Gasteiger partial charge is 0.368 e. The van der Waals surface area contributed by atoms with Crippen molar-refractivity contribution in [3.63, 3.8) is 0 Å². The molecule has 2 aromatic carbocycles. The molecular formula is C24H22Cl2F3N7O. The minimum Gasteiger partial charge on any atom is -0.368 e. The van der Waals surface area contributed by atoms with Crippen molar-refractivity contribution in [1.29, 1.82) is 0 Å². The average molecular weight is 552 g/mol. The fraction of sp³-hybridized carbons (Fsp3) is 0.292. The van der Waals surface area contributed by atoms with E-state index in [1.807, 2.05) is 0 Å². The summed E-state index contributed by atoms with van der Waals surface area (Å²) in [7, 11) is 1.79. The number of carbonyl (C=O) groups is 1. The number of hydrogen-bond donors (Lipinski definition) is 2. The summed E-state index contributed by atoms with van der Waals surface area (Å²) in [5.41, 5.74) is 2.06. The molecule has 1 saturated heterocycles. The Kier molecular flexibility index (Phi) is 6.78. The third-order valence-corrected chi connectivity index (χ3v) is 6.84. The highest BCUT2D eigenvalue weighted by Crippen LogP contribution is 2.37. The van der Waals surface area contributed by atoms with E-state index in [0.29, 0.717) is 45.0 Å². The maximum absolute atomic E-state index is 13.2. The molecule has 3 heterocycles. The highest BCUT2D eigenvalue weighted by atomic mass is 35.5. The molecule has 37 heavy (non-hydrogen) atoms. The van der Waals surface area contributed by atoms with Crippen LogP contribution < -0.4 is 25.3 Å². The molecule has 1 unspecified atom stereocenters. The Hall–Kier alpha value is -3.28. The van der Waals surface area contributed by atoms with Gasteiger partial charge in [0.05, 0.1) is 22.4 Å². The van der Waals surface area contributed by atoms with Gasteiger partial charge in [0.1, 0.15) is 17.4 Å². The van der Waals surface area contributed by atoms with Crippen molar-refractivity contribution in [1.82, 2.24) is 15.3 Å². The number of para-hydroxylation sites is 1. The van der Waals surface area contributed by atoms with E-state index in [2.05, 4.69) is 20.6 Å². The summed E-state index contributed by atoms with van der Waals surface area (Å²) in [6.07, 6.45) is -2.86. The van der Waals surface area contributed by atoms with E-state index in [9.17, 15) is 18.0 Å². The molecule has 5 rings (SSSR count). The second kappa shape index (κ2) is 9.88. The summed E-state index contributed by atoms with van der Waals surface area (Å²) >= 11 is 12.6. The molecule has 194 valence electrons. The van der Waals surface area contributed by atoms with Crippen LogP contribution in [0.4, 0.5) is 42.0 Å². The van der Waals surface area contributed by atoms with Gasteiger partial charge < -0.3 is 20.4 Å². The summed E-state index contributed by atoms with van der Waals surface area (Å²) in [6, 6.07) is 10.5. The monoisotopic (exact) mass is 551 g/mol. The molecule has 0 saturated carbocycles. The number of fused-ring (bicyclic) bond motifs is 1. The fourth-order valence-electron chi connectivity index (χ4n) is 4.37. The fourth-order valence-corrected chi connectivity index (χ4v) is 4.97. The second-order valence-electron chi connectivity index (χ2n) is 8.74. The lowest BCUT2D eigenvalue weighted by Crippen LogP contribution is -2.57. The SMILES string of the molecule is CN1CN(c2c(Cl)cccc2Cl)C(=O)c2cnc(Nc3ccc(N4CCNC(C(F)(F)F)C4)cc3)nc21. The van der Waals surface area contributed by atoms with Gasteiger partial charge in [0, 0.05) is 44.3 Å². The minimum atomic E-state index is -4.30. The maximum Gasteiger partial charge on any atom is 0.405 e. The molecule has 0 aliphatic carbocycles. The van der Waals surface area contributed by atoms with Gasteiger partial charge in [-0.3, -0.25) is 9.69 Å². The Morgan fingerprint density at radius 3 is 2.49 bits per heavy atom. The zero-order chi connectivity index (χ0) is 26.3. The van der Waals surface area contributed by atoms with Crippen LogP contribution in [0.2, 0.25) is 10.0 Å². The van der Waals surface area contributed by atoms with Gasteiger partial charge >= 0.3 is 6.18 Å². The van der Waals surface area contributed by atoms with E-state index in [1.165, 1.54) is 11.1 Å². The van der Waals surface area contributed by atoms with Crippen molar-refractivity contribution in [2.75, 3.05) is 53.4 Å². The quantitative estimate of drug-likeness (QED) is 0.476. The van der Waals surface area contributed by atoms with Crippen molar-refractivity contribution < 1.29 is 18.0 Å². The first-order valence-electron chi connectivity index (χ1n) is 11.4. The molecule has 2 N–H and O–H groups in total. The van der Waals surface area contributed by atoms with E-state index in [4.69, 9.17) is 23.2 Å². The van der Waals surface area contributed by atoms with Crippen LogP contribution in [-0.2, 0) is 0 Å². The van der Waals surface area contributed by atoms with Gasteiger partial charge in [-0.1, -0.05) is 29.3 Å². The largest absolute Gasteiger partial charge is 0.405 e. The number of benzene rings is 2. The molecule has 0 radical (unpaired) electrons. The van der Waals surface area contributed by atoms with Gasteiger partial charge in [0.15, 0.2) is 0 Å². The predicted molar refractivity (Wildman–Crippen MR) is 138 cm³/mol. The topological polar surface area (TPSA) is 76.6 Å². The molecule has 0 bridgehead atoms. The number of halogens is 5. The van der Waals surface area contributed by atoms with Crippen molar-refractivity contribution in [3.05, 3.63) is 64.3 Å². The first kappa shape index (κ1) is 25.4. The van der Waals surface area contributed by atoms with Crippen LogP contribution in [0.3, 0.4) is 0 Å². The minimum absolute atomic E-state index is 0.152. The first-order chi connectivity index (χ1) is 17.6. The van der Waals surface area contributed by atoms with Crippen LogP contribution >= 0.6 is 23.2 Å². The highest BCUT2D eigenvalue weighted by Gasteiger charge is 2.42. The number of aromatic nitrogens is 2. The Morgan fingerprint density at radius 1 is 1.11 bits per heavy atom. The van der Waals surface area contributed by atoms with Gasteiger partial charge in [0.25, 0.3) is 5.91 Å². The third kappa shape index (κ3) is 5.11. The third-order valence-electron chi connectivity index (χ3n) is 6.23. The predicted octanol–water partition coefficient (Wildman–Crippen LogP) is 4.92. The van der Waals surface area contributed by atoms with Crippen LogP contribution in [0, 0.1) is 0 Å². The number of anilines is 5. The molecule has 2 aliphatic heterocycles. The van der Waals surface area contributed by atoms with E-state index in [0.717, 1.165) is 0 Å². The zero-order valence-corrected chi connectivity index (χ0v) is 21.1. The molecule has 0 spiro atoms. The van der Waals surface area contributed by atoms with Crippen molar-refractivity contribution in [2.24, 2.45) is 0 Å². The normalized spacial score (nSPS) is 18.2. The highest BCUT2D eigenvalue weighted by molar-refractivity contribution is 6.40. The number of nitrogens with zero attached hydrogens (tertiary/aromatic N) is 5. The Balaban J connectivity index is 1.32. The van der Waals surface area contributed by atoms with Crippen molar-refractivity contribution in [2.45, 2.75) is 12.2 Å². The average Bonchev–Trinajstić information content (AvgIpc) is 2.87.